The molecule has 14 heavy (non-hydrogen) atoms. The molecule has 0 radical (unpaired) electrons. The van der Waals surface area contributed by atoms with Gasteiger partial charge in [0.2, 0.25) is 0 Å². The number of ether oxygens (including phenoxy) is 1. The van der Waals surface area contributed by atoms with E-state index in [1.807, 2.05) is 13.8 Å². The van der Waals surface area contributed by atoms with Crippen molar-refractivity contribution in [2.24, 2.45) is 5.92 Å². The first-order valence-corrected chi connectivity index (χ1v) is 5.57. The zero-order chi connectivity index (χ0) is 10.1. The largest absolute Gasteiger partial charge is 0.371 e. The second kappa shape index (κ2) is 3.99. The Morgan fingerprint density at radius 1 is 1.50 bits per heavy atom. The first kappa shape index (κ1) is 10.1. The van der Waals surface area contributed by atoms with Crippen LogP contribution in [0.5, 0.6) is 0 Å². The summed E-state index contributed by atoms with van der Waals surface area (Å²) >= 11 is 0. The van der Waals surface area contributed by atoms with E-state index in [9.17, 15) is 4.79 Å². The lowest BCUT2D eigenvalue weighted by Gasteiger charge is -2.19. The highest BCUT2D eigenvalue weighted by molar-refractivity contribution is 5.83. The minimum Gasteiger partial charge on any atom is -0.371 e. The van der Waals surface area contributed by atoms with Gasteiger partial charge >= 0.3 is 0 Å². The van der Waals surface area contributed by atoms with E-state index in [1.165, 1.54) is 12.8 Å². The fraction of sp³-hybridized carbons (Fsp3) is 0.909. The van der Waals surface area contributed by atoms with Crippen LogP contribution in [0.25, 0.3) is 0 Å². The Kier molecular flexibility index (Phi) is 2.88. The van der Waals surface area contributed by atoms with Crippen LogP contribution in [0.4, 0.5) is 0 Å². The number of fused-ring (bicyclic) bond motifs is 2. The summed E-state index contributed by atoms with van der Waals surface area (Å²) in [6.07, 6.45) is 3.61. The van der Waals surface area contributed by atoms with Crippen molar-refractivity contribution in [1.82, 2.24) is 5.32 Å². The van der Waals surface area contributed by atoms with Crippen LogP contribution in [0.2, 0.25) is 0 Å². The molecule has 0 aromatic carbocycles. The molecule has 3 heteroatoms. The van der Waals surface area contributed by atoms with E-state index in [2.05, 4.69) is 5.32 Å². The molecule has 80 valence electrons. The van der Waals surface area contributed by atoms with Crippen LogP contribution < -0.4 is 5.32 Å². The number of nitrogens with one attached hydrogen (secondary N) is 1. The smallest absolute Gasteiger partial charge is 0.163 e. The zero-order valence-corrected chi connectivity index (χ0v) is 8.95. The second-order valence-corrected chi connectivity index (χ2v) is 4.72. The van der Waals surface area contributed by atoms with Crippen molar-refractivity contribution in [3.63, 3.8) is 0 Å². The van der Waals surface area contributed by atoms with Gasteiger partial charge in [0.05, 0.1) is 6.10 Å². The highest BCUT2D eigenvalue weighted by Crippen LogP contribution is 2.33. The second-order valence-electron chi connectivity index (χ2n) is 4.72. The fourth-order valence-electron chi connectivity index (χ4n) is 2.54. The summed E-state index contributed by atoms with van der Waals surface area (Å²) in [4.78, 5) is 11.8. The molecule has 2 rings (SSSR count). The lowest BCUT2D eigenvalue weighted by Crippen LogP contribution is -2.31. The number of Topliss-reactive ketones (excluding diaryl/α,β-unsaturated/α-hetero) is 1. The maximum Gasteiger partial charge on any atom is 0.163 e. The number of hydrogen-bond acceptors (Lipinski definition) is 3. The first-order valence-electron chi connectivity index (χ1n) is 5.57. The highest BCUT2D eigenvalue weighted by Gasteiger charge is 2.42. The Morgan fingerprint density at radius 2 is 2.29 bits per heavy atom. The van der Waals surface area contributed by atoms with E-state index in [1.54, 1.807) is 0 Å². The number of ketones is 1. The average molecular weight is 197 g/mol. The van der Waals surface area contributed by atoms with Crippen LogP contribution in [0.1, 0.15) is 33.1 Å². The van der Waals surface area contributed by atoms with Gasteiger partial charge in [-0.05, 0) is 33.1 Å². The summed E-state index contributed by atoms with van der Waals surface area (Å²) in [5, 5.41) is 3.47. The van der Waals surface area contributed by atoms with Gasteiger partial charge in [-0.3, -0.25) is 4.79 Å². The molecule has 2 heterocycles. The normalized spacial score (nSPS) is 35.5. The lowest BCUT2D eigenvalue weighted by molar-refractivity contribution is -0.129. The molecule has 2 aliphatic heterocycles. The Bertz CT molecular complexity index is 227. The van der Waals surface area contributed by atoms with Crippen LogP contribution in [0.3, 0.4) is 0 Å². The maximum absolute atomic E-state index is 11.8. The van der Waals surface area contributed by atoms with Gasteiger partial charge in [-0.15, -0.1) is 0 Å². The Balaban J connectivity index is 1.81. The summed E-state index contributed by atoms with van der Waals surface area (Å²) in [5.74, 6) is 0.519. The first-order chi connectivity index (χ1) is 6.66. The van der Waals surface area contributed by atoms with Gasteiger partial charge in [-0.25, -0.2) is 0 Å². The molecule has 2 bridgehead atoms. The maximum atomic E-state index is 11.8. The molecule has 2 aliphatic rings. The summed E-state index contributed by atoms with van der Waals surface area (Å²) in [6.45, 7) is 4.23. The molecule has 3 atom stereocenters. The highest BCUT2D eigenvalue weighted by atomic mass is 16.5. The molecule has 0 aromatic rings. The number of carbonyl (C=O) groups is 1. The molecule has 2 fully saturated rings. The molecule has 0 saturated carbocycles. The molecule has 0 aromatic heterocycles. The molecule has 0 amide bonds. The molecular formula is C11H19NO2. The van der Waals surface area contributed by atoms with Crippen molar-refractivity contribution >= 4 is 5.78 Å². The van der Waals surface area contributed by atoms with Crippen molar-refractivity contribution < 1.29 is 9.53 Å². The number of hydrogen-bond donors (Lipinski definition) is 1. The summed E-state index contributed by atoms with van der Waals surface area (Å²) in [7, 11) is 0. The Hall–Kier alpha value is -0.410. The van der Waals surface area contributed by atoms with Gasteiger partial charge in [-0.2, -0.15) is 0 Å². The molecule has 0 aliphatic carbocycles. The minimum absolute atomic E-state index is 0.158. The Morgan fingerprint density at radius 3 is 2.79 bits per heavy atom. The van der Waals surface area contributed by atoms with E-state index in [0.717, 1.165) is 6.42 Å². The van der Waals surface area contributed by atoms with E-state index in [4.69, 9.17) is 4.74 Å². The van der Waals surface area contributed by atoms with Crippen LogP contribution in [0.15, 0.2) is 0 Å². The third-order valence-electron chi connectivity index (χ3n) is 3.27. The van der Waals surface area contributed by atoms with Gasteiger partial charge in [0, 0.05) is 18.0 Å². The SMILES string of the molecule is CC(C)OCC(=O)C1CC2CCC1N2. The summed E-state index contributed by atoms with van der Waals surface area (Å²) < 4.78 is 5.35. The van der Waals surface area contributed by atoms with Gasteiger partial charge < -0.3 is 10.1 Å². The van der Waals surface area contributed by atoms with Gasteiger partial charge in [0.15, 0.2) is 5.78 Å². The third-order valence-corrected chi connectivity index (χ3v) is 3.27. The predicted molar refractivity (Wildman–Crippen MR) is 54.1 cm³/mol. The van der Waals surface area contributed by atoms with E-state index >= 15 is 0 Å². The summed E-state index contributed by atoms with van der Waals surface area (Å²) in [6, 6.07) is 1.05. The van der Waals surface area contributed by atoms with E-state index in [-0.39, 0.29) is 12.0 Å². The molecular weight excluding hydrogens is 178 g/mol. The zero-order valence-electron chi connectivity index (χ0n) is 8.95. The molecule has 3 unspecified atom stereocenters. The van der Waals surface area contributed by atoms with Crippen molar-refractivity contribution in [3.8, 4) is 0 Å². The van der Waals surface area contributed by atoms with Gasteiger partial charge in [0.25, 0.3) is 0 Å². The minimum atomic E-state index is 0.158. The monoisotopic (exact) mass is 197 g/mol. The van der Waals surface area contributed by atoms with Crippen LogP contribution >= 0.6 is 0 Å². The average Bonchev–Trinajstić information content (AvgIpc) is 2.74. The van der Waals surface area contributed by atoms with E-state index < -0.39 is 0 Å². The number of rotatable bonds is 4. The van der Waals surface area contributed by atoms with Crippen LogP contribution in [0, 0.1) is 5.92 Å². The third kappa shape index (κ3) is 1.98. The molecule has 0 spiro atoms. The number of carbonyl (C=O) groups excluding carboxylic acids is 1. The molecule has 2 saturated heterocycles. The van der Waals surface area contributed by atoms with Crippen molar-refractivity contribution in [1.29, 1.82) is 0 Å². The van der Waals surface area contributed by atoms with Crippen LogP contribution in [-0.4, -0.2) is 30.6 Å². The summed E-state index contributed by atoms with van der Waals surface area (Å²) in [5.41, 5.74) is 0. The van der Waals surface area contributed by atoms with Crippen molar-refractivity contribution in [2.45, 2.75) is 51.3 Å². The van der Waals surface area contributed by atoms with Crippen molar-refractivity contribution in [3.05, 3.63) is 0 Å². The van der Waals surface area contributed by atoms with Gasteiger partial charge in [0.1, 0.15) is 6.61 Å². The lowest BCUT2D eigenvalue weighted by atomic mass is 9.86. The fourth-order valence-corrected chi connectivity index (χ4v) is 2.54. The molecule has 3 nitrogen and oxygen atoms in total. The van der Waals surface area contributed by atoms with Crippen molar-refractivity contribution in [2.75, 3.05) is 6.61 Å². The Labute approximate surface area is 85.2 Å². The standard InChI is InChI=1S/C11H19NO2/c1-7(2)14-6-11(13)9-5-8-3-4-10(9)12-8/h7-10,12H,3-6H2,1-2H3. The predicted octanol–water partition coefficient (Wildman–Crippen LogP) is 1.12. The topological polar surface area (TPSA) is 38.3 Å². The quantitative estimate of drug-likeness (QED) is 0.734. The molecule has 1 N–H and O–H groups in total. The van der Waals surface area contributed by atoms with E-state index in [0.29, 0.717) is 24.5 Å². The van der Waals surface area contributed by atoms with Gasteiger partial charge in [-0.1, -0.05) is 0 Å². The van der Waals surface area contributed by atoms with Crippen LogP contribution in [-0.2, 0) is 9.53 Å².